The standard InChI is InChI=1S/C12H21N3O2S/c1-4-6-13-9-11(3)18(16,17)15-12-5-7-14-10(2)8-12/h5,7-8,11,13H,4,6,9H2,1-3H3,(H,14,15). The highest BCUT2D eigenvalue weighted by atomic mass is 32.2. The molecule has 18 heavy (non-hydrogen) atoms. The normalized spacial score (nSPS) is 13.3. The van der Waals surface area contributed by atoms with Crippen LogP contribution in [0.2, 0.25) is 0 Å². The zero-order valence-electron chi connectivity index (χ0n) is 11.1. The quantitative estimate of drug-likeness (QED) is 0.738. The highest BCUT2D eigenvalue weighted by Crippen LogP contribution is 2.11. The Morgan fingerprint density at radius 1 is 1.44 bits per heavy atom. The Labute approximate surface area is 109 Å². The van der Waals surface area contributed by atoms with Crippen LogP contribution in [0.1, 0.15) is 26.0 Å². The molecule has 1 rings (SSSR count). The van der Waals surface area contributed by atoms with Crippen LogP contribution >= 0.6 is 0 Å². The molecule has 0 aliphatic heterocycles. The smallest absolute Gasteiger partial charge is 0.236 e. The molecule has 5 nitrogen and oxygen atoms in total. The fraction of sp³-hybridized carbons (Fsp3) is 0.583. The van der Waals surface area contributed by atoms with Gasteiger partial charge >= 0.3 is 0 Å². The zero-order chi connectivity index (χ0) is 13.6. The van der Waals surface area contributed by atoms with Crippen molar-refractivity contribution in [3.63, 3.8) is 0 Å². The molecule has 1 aromatic rings. The van der Waals surface area contributed by atoms with Crippen LogP contribution in [0.15, 0.2) is 18.3 Å². The van der Waals surface area contributed by atoms with Crippen molar-refractivity contribution in [2.24, 2.45) is 0 Å². The summed E-state index contributed by atoms with van der Waals surface area (Å²) in [5.41, 5.74) is 1.34. The molecule has 0 aliphatic rings. The van der Waals surface area contributed by atoms with Gasteiger partial charge in [0.2, 0.25) is 10.0 Å². The lowest BCUT2D eigenvalue weighted by atomic mass is 10.3. The minimum atomic E-state index is -3.35. The topological polar surface area (TPSA) is 71.1 Å². The van der Waals surface area contributed by atoms with Gasteiger partial charge in [0, 0.05) is 18.4 Å². The van der Waals surface area contributed by atoms with Crippen molar-refractivity contribution in [2.75, 3.05) is 17.8 Å². The number of sulfonamides is 1. The van der Waals surface area contributed by atoms with Gasteiger partial charge in [0.1, 0.15) is 0 Å². The summed E-state index contributed by atoms with van der Waals surface area (Å²) in [5.74, 6) is 0. The van der Waals surface area contributed by atoms with Crippen molar-refractivity contribution in [3.05, 3.63) is 24.0 Å². The number of aryl methyl sites for hydroxylation is 1. The van der Waals surface area contributed by atoms with Crippen LogP contribution in [0, 0.1) is 6.92 Å². The summed E-state index contributed by atoms with van der Waals surface area (Å²) in [6.45, 7) is 6.84. The van der Waals surface area contributed by atoms with Gasteiger partial charge in [-0.15, -0.1) is 0 Å². The average Bonchev–Trinajstić information content (AvgIpc) is 2.28. The van der Waals surface area contributed by atoms with Crippen LogP contribution in [0.4, 0.5) is 5.69 Å². The first-order chi connectivity index (χ1) is 8.45. The first-order valence-electron chi connectivity index (χ1n) is 6.10. The molecule has 0 spiro atoms. The lowest BCUT2D eigenvalue weighted by molar-refractivity contribution is 0.576. The summed E-state index contributed by atoms with van der Waals surface area (Å²) in [5, 5.41) is 2.63. The largest absolute Gasteiger partial charge is 0.315 e. The van der Waals surface area contributed by atoms with Crippen LogP contribution < -0.4 is 10.0 Å². The minimum absolute atomic E-state index is 0.452. The second-order valence-corrected chi connectivity index (χ2v) is 6.45. The molecule has 1 unspecified atom stereocenters. The summed E-state index contributed by atoms with van der Waals surface area (Å²) in [6, 6.07) is 3.36. The van der Waals surface area contributed by atoms with Crippen LogP contribution in [-0.2, 0) is 10.0 Å². The van der Waals surface area contributed by atoms with Crippen molar-refractivity contribution in [2.45, 2.75) is 32.4 Å². The highest BCUT2D eigenvalue weighted by molar-refractivity contribution is 7.93. The molecule has 0 bridgehead atoms. The molecule has 102 valence electrons. The van der Waals surface area contributed by atoms with Crippen molar-refractivity contribution >= 4 is 15.7 Å². The van der Waals surface area contributed by atoms with E-state index in [1.807, 2.05) is 13.8 Å². The van der Waals surface area contributed by atoms with E-state index in [4.69, 9.17) is 0 Å². The number of hydrogen-bond acceptors (Lipinski definition) is 4. The highest BCUT2D eigenvalue weighted by Gasteiger charge is 2.20. The molecule has 0 saturated carbocycles. The molecule has 0 saturated heterocycles. The van der Waals surface area contributed by atoms with E-state index < -0.39 is 15.3 Å². The van der Waals surface area contributed by atoms with Crippen molar-refractivity contribution in [1.29, 1.82) is 0 Å². The summed E-state index contributed by atoms with van der Waals surface area (Å²) in [4.78, 5) is 4.03. The third kappa shape index (κ3) is 4.62. The van der Waals surface area contributed by atoms with E-state index >= 15 is 0 Å². The molecule has 0 fully saturated rings. The van der Waals surface area contributed by atoms with E-state index in [9.17, 15) is 8.42 Å². The molecule has 1 atom stereocenters. The van der Waals surface area contributed by atoms with E-state index in [2.05, 4.69) is 15.0 Å². The van der Waals surface area contributed by atoms with E-state index in [1.54, 1.807) is 25.3 Å². The van der Waals surface area contributed by atoms with Crippen LogP contribution in [0.3, 0.4) is 0 Å². The third-order valence-electron chi connectivity index (χ3n) is 2.55. The number of nitrogens with zero attached hydrogens (tertiary/aromatic N) is 1. The summed E-state index contributed by atoms with van der Waals surface area (Å²) in [7, 11) is -3.35. The maximum atomic E-state index is 12.0. The second-order valence-electron chi connectivity index (χ2n) is 4.35. The Morgan fingerprint density at radius 3 is 2.78 bits per heavy atom. The molecule has 0 amide bonds. The maximum Gasteiger partial charge on any atom is 0.236 e. The van der Waals surface area contributed by atoms with Gasteiger partial charge in [-0.2, -0.15) is 0 Å². The molecule has 0 aromatic carbocycles. The van der Waals surface area contributed by atoms with Gasteiger partial charge in [-0.1, -0.05) is 6.92 Å². The minimum Gasteiger partial charge on any atom is -0.315 e. The molecule has 0 aliphatic carbocycles. The van der Waals surface area contributed by atoms with Gasteiger partial charge in [-0.25, -0.2) is 8.42 Å². The maximum absolute atomic E-state index is 12.0. The Hall–Kier alpha value is -1.14. The summed E-state index contributed by atoms with van der Waals surface area (Å²) in [6.07, 6.45) is 2.58. The van der Waals surface area contributed by atoms with Gasteiger partial charge in [0.05, 0.1) is 10.9 Å². The number of nitrogens with one attached hydrogen (secondary N) is 2. The van der Waals surface area contributed by atoms with Crippen molar-refractivity contribution < 1.29 is 8.42 Å². The third-order valence-corrected chi connectivity index (χ3v) is 4.29. The molecule has 6 heteroatoms. The molecule has 2 N–H and O–H groups in total. The summed E-state index contributed by atoms with van der Waals surface area (Å²) >= 11 is 0. The molecule has 0 radical (unpaired) electrons. The first-order valence-corrected chi connectivity index (χ1v) is 7.65. The van der Waals surface area contributed by atoms with Crippen LogP contribution in [0.5, 0.6) is 0 Å². The molecule has 1 heterocycles. The lowest BCUT2D eigenvalue weighted by Gasteiger charge is -2.15. The molecular weight excluding hydrogens is 250 g/mol. The van der Waals surface area contributed by atoms with E-state index in [1.165, 1.54) is 0 Å². The Kier molecular flexibility index (Phi) is 5.55. The van der Waals surface area contributed by atoms with E-state index in [-0.39, 0.29) is 0 Å². The average molecular weight is 271 g/mol. The number of rotatable bonds is 7. The first kappa shape index (κ1) is 14.9. The Morgan fingerprint density at radius 2 is 2.17 bits per heavy atom. The number of hydrogen-bond donors (Lipinski definition) is 2. The second kappa shape index (κ2) is 6.70. The Bertz CT molecular complexity index is 474. The van der Waals surface area contributed by atoms with Gasteiger partial charge in [-0.05, 0) is 38.9 Å². The summed E-state index contributed by atoms with van der Waals surface area (Å²) < 4.78 is 26.6. The van der Waals surface area contributed by atoms with Crippen molar-refractivity contribution in [3.8, 4) is 0 Å². The lowest BCUT2D eigenvalue weighted by Crippen LogP contribution is -2.35. The number of pyridine rings is 1. The van der Waals surface area contributed by atoms with E-state index in [0.29, 0.717) is 12.2 Å². The van der Waals surface area contributed by atoms with Gasteiger partial charge in [-0.3, -0.25) is 9.71 Å². The van der Waals surface area contributed by atoms with E-state index in [0.717, 1.165) is 18.7 Å². The number of anilines is 1. The van der Waals surface area contributed by atoms with Gasteiger partial charge in [0.25, 0.3) is 0 Å². The molecule has 1 aromatic heterocycles. The number of aromatic nitrogens is 1. The van der Waals surface area contributed by atoms with Gasteiger partial charge < -0.3 is 5.32 Å². The predicted molar refractivity (Wildman–Crippen MR) is 74.1 cm³/mol. The van der Waals surface area contributed by atoms with Gasteiger partial charge in [0.15, 0.2) is 0 Å². The Balaban J connectivity index is 2.64. The van der Waals surface area contributed by atoms with Crippen LogP contribution in [0.25, 0.3) is 0 Å². The van der Waals surface area contributed by atoms with Crippen molar-refractivity contribution in [1.82, 2.24) is 10.3 Å². The fourth-order valence-corrected chi connectivity index (χ4v) is 2.46. The predicted octanol–water partition coefficient (Wildman–Crippen LogP) is 1.52. The zero-order valence-corrected chi connectivity index (χ0v) is 11.9. The monoisotopic (exact) mass is 271 g/mol. The fourth-order valence-electron chi connectivity index (χ4n) is 1.47. The molecular formula is C12H21N3O2S. The SMILES string of the molecule is CCCNCC(C)S(=O)(=O)Nc1ccnc(C)c1. The van der Waals surface area contributed by atoms with Crippen LogP contribution in [-0.4, -0.2) is 31.7 Å².